The largest absolute Gasteiger partial charge is 0.365 e. The molecule has 0 aliphatic heterocycles. The predicted molar refractivity (Wildman–Crippen MR) is 74.2 cm³/mol. The second-order valence-electron chi connectivity index (χ2n) is 5.24. The number of nitrogens with zero attached hydrogens (tertiary/aromatic N) is 2. The topological polar surface area (TPSA) is 46.9 Å². The minimum absolute atomic E-state index is 0.0852. The van der Waals surface area contributed by atoms with Crippen LogP contribution >= 0.6 is 11.6 Å². The molecule has 0 radical (unpaired) electrons. The second kappa shape index (κ2) is 5.74. The van der Waals surface area contributed by atoms with Crippen LogP contribution in [-0.2, 0) is 7.05 Å². The number of hydrogen-bond acceptors (Lipinski definition) is 3. The summed E-state index contributed by atoms with van der Waals surface area (Å²) in [4.78, 5) is 15.9. The van der Waals surface area contributed by atoms with E-state index < -0.39 is 0 Å². The standard InChI is InChI=1S/C13H20ClN3O/c1-17-8-7-15-11(12(17)18)16-10-13(9-14)5-3-2-4-6-13/h7-8H,2-6,9-10H2,1H3,(H,15,16). The Kier molecular flexibility index (Phi) is 4.27. The highest BCUT2D eigenvalue weighted by molar-refractivity contribution is 6.18. The van der Waals surface area contributed by atoms with Crippen molar-refractivity contribution in [3.05, 3.63) is 22.7 Å². The number of aryl methyl sites for hydroxylation is 1. The van der Waals surface area contributed by atoms with Crippen LogP contribution in [0, 0.1) is 5.41 Å². The lowest BCUT2D eigenvalue weighted by atomic mass is 9.75. The first-order chi connectivity index (χ1) is 8.67. The van der Waals surface area contributed by atoms with E-state index in [1.807, 2.05) is 0 Å². The fraction of sp³-hybridized carbons (Fsp3) is 0.692. The van der Waals surface area contributed by atoms with Crippen molar-refractivity contribution in [1.29, 1.82) is 0 Å². The molecule has 2 rings (SSSR count). The third-order valence-corrected chi connectivity index (χ3v) is 4.41. The predicted octanol–water partition coefficient (Wildman–Crippen LogP) is 2.38. The third-order valence-electron chi connectivity index (χ3n) is 3.85. The highest BCUT2D eigenvalue weighted by Crippen LogP contribution is 2.37. The zero-order valence-corrected chi connectivity index (χ0v) is 11.5. The van der Waals surface area contributed by atoms with Gasteiger partial charge in [0.15, 0.2) is 5.82 Å². The molecule has 1 aromatic rings. The summed E-state index contributed by atoms with van der Waals surface area (Å²) in [5.41, 5.74) is 0.0422. The summed E-state index contributed by atoms with van der Waals surface area (Å²) in [5.74, 6) is 1.07. The van der Waals surface area contributed by atoms with Gasteiger partial charge in [0, 0.05) is 37.3 Å². The Morgan fingerprint density at radius 1 is 1.44 bits per heavy atom. The normalized spacial score (nSPS) is 18.6. The van der Waals surface area contributed by atoms with Crippen LogP contribution in [0.1, 0.15) is 32.1 Å². The first-order valence-electron chi connectivity index (χ1n) is 6.48. The molecule has 1 fully saturated rings. The molecule has 0 aromatic carbocycles. The van der Waals surface area contributed by atoms with Gasteiger partial charge in [-0.2, -0.15) is 0 Å². The fourth-order valence-corrected chi connectivity index (χ4v) is 2.91. The van der Waals surface area contributed by atoms with E-state index in [0.29, 0.717) is 11.7 Å². The van der Waals surface area contributed by atoms with Gasteiger partial charge in [-0.3, -0.25) is 4.79 Å². The molecule has 1 aliphatic rings. The molecule has 1 N–H and O–H groups in total. The van der Waals surface area contributed by atoms with Crippen LogP contribution in [0.2, 0.25) is 0 Å². The Balaban J connectivity index is 2.05. The van der Waals surface area contributed by atoms with Gasteiger partial charge in [-0.05, 0) is 12.8 Å². The van der Waals surface area contributed by atoms with Crippen molar-refractivity contribution in [2.45, 2.75) is 32.1 Å². The van der Waals surface area contributed by atoms with E-state index in [0.717, 1.165) is 19.4 Å². The Hall–Kier alpha value is -1.03. The van der Waals surface area contributed by atoms with Gasteiger partial charge < -0.3 is 9.88 Å². The molecule has 4 nitrogen and oxygen atoms in total. The molecule has 0 saturated heterocycles. The number of rotatable bonds is 4. The van der Waals surface area contributed by atoms with Gasteiger partial charge in [-0.25, -0.2) is 4.98 Å². The first kappa shape index (κ1) is 13.4. The summed E-state index contributed by atoms with van der Waals surface area (Å²) in [6, 6.07) is 0. The molecule has 0 unspecified atom stereocenters. The van der Waals surface area contributed by atoms with Crippen molar-refractivity contribution in [3.8, 4) is 0 Å². The van der Waals surface area contributed by atoms with E-state index in [9.17, 15) is 4.79 Å². The molecule has 18 heavy (non-hydrogen) atoms. The van der Waals surface area contributed by atoms with Crippen molar-refractivity contribution in [2.75, 3.05) is 17.7 Å². The lowest BCUT2D eigenvalue weighted by Gasteiger charge is -2.35. The minimum Gasteiger partial charge on any atom is -0.365 e. The zero-order valence-electron chi connectivity index (χ0n) is 10.8. The molecule has 1 heterocycles. The summed E-state index contributed by atoms with van der Waals surface area (Å²) in [6.07, 6.45) is 9.32. The van der Waals surface area contributed by atoms with Gasteiger partial charge in [0.1, 0.15) is 0 Å². The summed E-state index contributed by atoms with van der Waals surface area (Å²) in [7, 11) is 1.73. The number of alkyl halides is 1. The number of nitrogens with one attached hydrogen (secondary N) is 1. The molecule has 1 aromatic heterocycles. The molecule has 5 heteroatoms. The smallest absolute Gasteiger partial charge is 0.293 e. The summed E-state index contributed by atoms with van der Waals surface area (Å²) in [5, 5.41) is 3.19. The first-order valence-corrected chi connectivity index (χ1v) is 7.02. The maximum atomic E-state index is 11.8. The van der Waals surface area contributed by atoms with Gasteiger partial charge in [-0.1, -0.05) is 19.3 Å². The Labute approximate surface area is 112 Å². The van der Waals surface area contributed by atoms with Crippen LogP contribution in [0.5, 0.6) is 0 Å². The second-order valence-corrected chi connectivity index (χ2v) is 5.51. The Morgan fingerprint density at radius 2 is 2.17 bits per heavy atom. The van der Waals surface area contributed by atoms with Crippen molar-refractivity contribution in [3.63, 3.8) is 0 Å². The average molecular weight is 270 g/mol. The molecular weight excluding hydrogens is 250 g/mol. The number of aromatic nitrogens is 2. The van der Waals surface area contributed by atoms with Gasteiger partial charge in [0.25, 0.3) is 5.56 Å². The van der Waals surface area contributed by atoms with E-state index in [1.165, 1.54) is 23.8 Å². The van der Waals surface area contributed by atoms with Gasteiger partial charge in [0.2, 0.25) is 0 Å². The molecule has 0 atom stereocenters. The molecule has 0 spiro atoms. The zero-order chi connectivity index (χ0) is 13.0. The van der Waals surface area contributed by atoms with Gasteiger partial charge >= 0.3 is 0 Å². The van der Waals surface area contributed by atoms with Crippen LogP contribution in [0.3, 0.4) is 0 Å². The number of hydrogen-bond donors (Lipinski definition) is 1. The van der Waals surface area contributed by atoms with Gasteiger partial charge in [0.05, 0.1) is 0 Å². The van der Waals surface area contributed by atoms with E-state index in [4.69, 9.17) is 11.6 Å². The molecule has 0 bridgehead atoms. The van der Waals surface area contributed by atoms with Crippen molar-refractivity contribution >= 4 is 17.4 Å². The highest BCUT2D eigenvalue weighted by atomic mass is 35.5. The third kappa shape index (κ3) is 2.86. The highest BCUT2D eigenvalue weighted by Gasteiger charge is 2.31. The summed E-state index contributed by atoms with van der Waals surface area (Å²) in [6.45, 7) is 0.739. The summed E-state index contributed by atoms with van der Waals surface area (Å²) < 4.78 is 1.53. The van der Waals surface area contributed by atoms with Crippen LogP contribution in [-0.4, -0.2) is 22.0 Å². The molecule has 100 valence electrons. The van der Waals surface area contributed by atoms with Crippen LogP contribution in [0.25, 0.3) is 0 Å². The average Bonchev–Trinajstić information content (AvgIpc) is 2.41. The van der Waals surface area contributed by atoms with Crippen LogP contribution in [0.4, 0.5) is 5.82 Å². The monoisotopic (exact) mass is 269 g/mol. The summed E-state index contributed by atoms with van der Waals surface area (Å²) >= 11 is 6.13. The maximum absolute atomic E-state index is 11.8. The molecule has 1 saturated carbocycles. The number of anilines is 1. The lowest BCUT2D eigenvalue weighted by molar-refractivity contribution is 0.238. The SMILES string of the molecule is Cn1ccnc(NCC2(CCl)CCCCC2)c1=O. The molecule has 0 amide bonds. The Morgan fingerprint density at radius 3 is 2.83 bits per heavy atom. The number of halogens is 1. The van der Waals surface area contributed by atoms with Crippen LogP contribution < -0.4 is 10.9 Å². The quantitative estimate of drug-likeness (QED) is 0.854. The minimum atomic E-state index is -0.0852. The van der Waals surface area contributed by atoms with Crippen LogP contribution in [0.15, 0.2) is 17.2 Å². The maximum Gasteiger partial charge on any atom is 0.293 e. The van der Waals surface area contributed by atoms with Crippen molar-refractivity contribution < 1.29 is 0 Å². The van der Waals surface area contributed by atoms with Crippen molar-refractivity contribution in [1.82, 2.24) is 9.55 Å². The van der Waals surface area contributed by atoms with E-state index >= 15 is 0 Å². The molecule has 1 aliphatic carbocycles. The van der Waals surface area contributed by atoms with E-state index in [2.05, 4.69) is 10.3 Å². The fourth-order valence-electron chi connectivity index (χ4n) is 2.55. The Bertz CT molecular complexity index is 452. The lowest BCUT2D eigenvalue weighted by Crippen LogP contribution is -2.35. The van der Waals surface area contributed by atoms with E-state index in [1.54, 1.807) is 19.4 Å². The van der Waals surface area contributed by atoms with Crippen molar-refractivity contribution in [2.24, 2.45) is 12.5 Å². The van der Waals surface area contributed by atoms with E-state index in [-0.39, 0.29) is 11.0 Å². The molecular formula is C13H20ClN3O. The van der Waals surface area contributed by atoms with Gasteiger partial charge in [-0.15, -0.1) is 11.6 Å².